The maximum atomic E-state index is 13.4. The van der Waals surface area contributed by atoms with Gasteiger partial charge in [-0.3, -0.25) is 10.2 Å². The molecule has 0 spiro atoms. The van der Waals surface area contributed by atoms with Crippen molar-refractivity contribution in [3.8, 4) is 5.88 Å². The summed E-state index contributed by atoms with van der Waals surface area (Å²) in [5.74, 6) is -0.496. The standard InChI is InChI=1S/C22H27N7O6/c1-22(2)34-11-14(35-22)10-33-17-7-16(24-12-25-17)26-21(31)29-13-5-4-6-28(9-13)15-8-23-18(20(30)32-3)27-19(15)29/h7-8,12-14H,4-6,9-11H2,1-3H3,(H,24,25,26,31)/t13-,14?/m0/s1. The number of fused-ring (bicyclic) bond motifs is 4. The summed E-state index contributed by atoms with van der Waals surface area (Å²) < 4.78 is 21.8. The van der Waals surface area contributed by atoms with Gasteiger partial charge in [-0.15, -0.1) is 0 Å². The molecule has 13 nitrogen and oxygen atoms in total. The van der Waals surface area contributed by atoms with E-state index in [9.17, 15) is 9.59 Å². The molecule has 3 aliphatic heterocycles. The Morgan fingerprint density at radius 2 is 2.14 bits per heavy atom. The molecule has 2 aromatic heterocycles. The molecule has 2 amide bonds. The van der Waals surface area contributed by atoms with Crippen LogP contribution in [-0.4, -0.2) is 83.3 Å². The normalized spacial score (nSPS) is 22.4. The molecule has 5 heterocycles. The number of nitrogens with one attached hydrogen (secondary N) is 1. The van der Waals surface area contributed by atoms with E-state index in [2.05, 4.69) is 30.2 Å². The van der Waals surface area contributed by atoms with E-state index in [1.807, 2.05) is 13.8 Å². The molecule has 2 aromatic rings. The van der Waals surface area contributed by atoms with E-state index < -0.39 is 17.8 Å². The highest BCUT2D eigenvalue weighted by Gasteiger charge is 2.39. The predicted octanol–water partition coefficient (Wildman–Crippen LogP) is 1.60. The summed E-state index contributed by atoms with van der Waals surface area (Å²) in [6.45, 7) is 5.84. The highest BCUT2D eigenvalue weighted by Crippen LogP contribution is 2.37. The number of methoxy groups -OCH3 is 1. The van der Waals surface area contributed by atoms with Gasteiger partial charge in [0.1, 0.15) is 24.9 Å². The second kappa shape index (κ2) is 9.23. The topological polar surface area (TPSA) is 141 Å². The van der Waals surface area contributed by atoms with Gasteiger partial charge in [-0.2, -0.15) is 0 Å². The van der Waals surface area contributed by atoms with Gasteiger partial charge in [0, 0.05) is 19.2 Å². The zero-order valence-electron chi connectivity index (χ0n) is 19.8. The Hall–Kier alpha value is -3.58. The van der Waals surface area contributed by atoms with Crippen molar-refractivity contribution >= 4 is 29.3 Å². The first-order chi connectivity index (χ1) is 16.8. The Morgan fingerprint density at radius 1 is 1.29 bits per heavy atom. The number of aromatic nitrogens is 4. The summed E-state index contributed by atoms with van der Waals surface area (Å²) in [5, 5.41) is 2.80. The largest absolute Gasteiger partial charge is 0.475 e. The summed E-state index contributed by atoms with van der Waals surface area (Å²) in [7, 11) is 1.26. The second-order valence-electron chi connectivity index (χ2n) is 8.94. The van der Waals surface area contributed by atoms with Gasteiger partial charge in [0.05, 0.1) is 31.6 Å². The van der Waals surface area contributed by atoms with Gasteiger partial charge >= 0.3 is 12.0 Å². The van der Waals surface area contributed by atoms with Gasteiger partial charge in [-0.25, -0.2) is 29.5 Å². The number of nitrogens with zero attached hydrogens (tertiary/aromatic N) is 6. The van der Waals surface area contributed by atoms with Gasteiger partial charge in [0.15, 0.2) is 11.6 Å². The van der Waals surface area contributed by atoms with Crippen molar-refractivity contribution in [2.24, 2.45) is 0 Å². The SMILES string of the molecule is COC(=O)c1ncc2c(n1)N(C(=O)Nc1cc(OCC3COC(C)(C)O3)ncn1)[C@H]1CCCN2C1. The van der Waals surface area contributed by atoms with Crippen LogP contribution in [0, 0.1) is 0 Å². The van der Waals surface area contributed by atoms with Gasteiger partial charge in [0.25, 0.3) is 0 Å². The fourth-order valence-corrected chi connectivity index (χ4v) is 4.46. The van der Waals surface area contributed by atoms with Crippen molar-refractivity contribution in [3.05, 3.63) is 24.4 Å². The molecular formula is C22H27N7O6. The summed E-state index contributed by atoms with van der Waals surface area (Å²) in [5.41, 5.74) is 0.692. The van der Waals surface area contributed by atoms with Crippen LogP contribution in [0.3, 0.4) is 0 Å². The van der Waals surface area contributed by atoms with Crippen LogP contribution in [0.5, 0.6) is 5.88 Å². The number of ether oxygens (including phenoxy) is 4. The van der Waals surface area contributed by atoms with Crippen LogP contribution < -0.4 is 19.9 Å². The molecule has 1 N–H and O–H groups in total. The van der Waals surface area contributed by atoms with E-state index in [0.29, 0.717) is 30.5 Å². The summed E-state index contributed by atoms with van der Waals surface area (Å²) >= 11 is 0. The first-order valence-electron chi connectivity index (χ1n) is 11.4. The Morgan fingerprint density at radius 3 is 2.91 bits per heavy atom. The van der Waals surface area contributed by atoms with E-state index in [1.54, 1.807) is 11.1 Å². The molecule has 0 aliphatic carbocycles. The minimum atomic E-state index is -0.670. The van der Waals surface area contributed by atoms with Crippen molar-refractivity contribution in [2.75, 3.05) is 48.5 Å². The minimum absolute atomic E-state index is 0.107. The van der Waals surface area contributed by atoms with E-state index in [0.717, 1.165) is 19.4 Å². The van der Waals surface area contributed by atoms with Gasteiger partial charge < -0.3 is 23.8 Å². The average Bonchev–Trinajstić information content (AvgIpc) is 3.21. The molecular weight excluding hydrogens is 458 g/mol. The molecule has 0 radical (unpaired) electrons. The van der Waals surface area contributed by atoms with Crippen molar-refractivity contribution in [1.29, 1.82) is 0 Å². The van der Waals surface area contributed by atoms with Crippen LogP contribution in [0.15, 0.2) is 18.6 Å². The maximum Gasteiger partial charge on any atom is 0.376 e. The molecule has 186 valence electrons. The number of anilines is 3. The van der Waals surface area contributed by atoms with Crippen molar-refractivity contribution in [3.63, 3.8) is 0 Å². The third-order valence-corrected chi connectivity index (χ3v) is 6.03. The molecule has 2 saturated heterocycles. The number of urea groups is 1. The van der Waals surface area contributed by atoms with E-state index in [-0.39, 0.29) is 30.4 Å². The smallest absolute Gasteiger partial charge is 0.376 e. The molecule has 1 unspecified atom stereocenters. The zero-order chi connectivity index (χ0) is 24.6. The van der Waals surface area contributed by atoms with Crippen molar-refractivity contribution < 1.29 is 28.5 Å². The summed E-state index contributed by atoms with van der Waals surface area (Å²) in [6, 6.07) is 1.000. The lowest BCUT2D eigenvalue weighted by atomic mass is 10.0. The van der Waals surface area contributed by atoms with Crippen LogP contribution in [0.2, 0.25) is 0 Å². The quantitative estimate of drug-likeness (QED) is 0.617. The van der Waals surface area contributed by atoms with E-state index in [4.69, 9.17) is 18.9 Å². The van der Waals surface area contributed by atoms with Crippen molar-refractivity contribution in [2.45, 2.75) is 44.6 Å². The highest BCUT2D eigenvalue weighted by atomic mass is 16.7. The third-order valence-electron chi connectivity index (χ3n) is 6.03. The molecule has 2 bridgehead atoms. The Bertz CT molecular complexity index is 1130. The number of carbonyl (C=O) groups is 2. The fourth-order valence-electron chi connectivity index (χ4n) is 4.46. The maximum absolute atomic E-state index is 13.4. The minimum Gasteiger partial charge on any atom is -0.475 e. The predicted molar refractivity (Wildman–Crippen MR) is 123 cm³/mol. The Balaban J connectivity index is 1.33. The molecule has 3 aliphatic rings. The number of esters is 1. The first kappa shape index (κ1) is 23.2. The molecule has 2 fully saturated rings. The van der Waals surface area contributed by atoms with Gasteiger partial charge in [0.2, 0.25) is 11.7 Å². The third kappa shape index (κ3) is 4.82. The van der Waals surface area contributed by atoms with Gasteiger partial charge in [-0.1, -0.05) is 0 Å². The van der Waals surface area contributed by atoms with Crippen LogP contribution in [0.25, 0.3) is 0 Å². The number of amides is 2. The lowest BCUT2D eigenvalue weighted by Gasteiger charge is -2.45. The Kier molecular flexibility index (Phi) is 6.11. The van der Waals surface area contributed by atoms with Crippen LogP contribution in [-0.2, 0) is 14.2 Å². The summed E-state index contributed by atoms with van der Waals surface area (Å²) in [6.07, 6.45) is 4.37. The molecule has 35 heavy (non-hydrogen) atoms. The van der Waals surface area contributed by atoms with E-state index >= 15 is 0 Å². The molecule has 0 saturated carbocycles. The summed E-state index contributed by atoms with van der Waals surface area (Å²) in [4.78, 5) is 45.9. The Labute approximate surface area is 201 Å². The molecule has 5 rings (SSSR count). The van der Waals surface area contributed by atoms with Crippen LogP contribution in [0.4, 0.5) is 22.1 Å². The number of carbonyl (C=O) groups excluding carboxylic acids is 2. The monoisotopic (exact) mass is 485 g/mol. The number of rotatable bonds is 5. The van der Waals surface area contributed by atoms with Crippen LogP contribution in [0.1, 0.15) is 37.3 Å². The highest BCUT2D eigenvalue weighted by molar-refractivity contribution is 6.04. The first-order valence-corrected chi connectivity index (χ1v) is 11.4. The van der Waals surface area contributed by atoms with Crippen molar-refractivity contribution in [1.82, 2.24) is 19.9 Å². The lowest BCUT2D eigenvalue weighted by molar-refractivity contribution is -0.141. The van der Waals surface area contributed by atoms with E-state index in [1.165, 1.54) is 19.5 Å². The number of hydrogen-bond acceptors (Lipinski definition) is 11. The molecule has 0 aromatic carbocycles. The zero-order valence-corrected chi connectivity index (χ0v) is 19.8. The lowest BCUT2D eigenvalue weighted by Crippen LogP contribution is -2.56. The number of piperidine rings is 1. The average molecular weight is 486 g/mol. The molecule has 13 heteroatoms. The number of hydrogen-bond donors (Lipinski definition) is 1. The molecule has 2 atom stereocenters. The fraction of sp³-hybridized carbons (Fsp3) is 0.545. The van der Waals surface area contributed by atoms with Gasteiger partial charge in [-0.05, 0) is 26.7 Å². The van der Waals surface area contributed by atoms with Crippen LogP contribution >= 0.6 is 0 Å². The second-order valence-corrected chi connectivity index (χ2v) is 8.94.